The molecule has 1 aliphatic carbocycles. The van der Waals surface area contributed by atoms with Crippen LogP contribution >= 0.6 is 0 Å². The molecule has 1 fully saturated rings. The Morgan fingerprint density at radius 3 is 2.00 bits per heavy atom. The molecule has 2 rings (SSSR count). The van der Waals surface area contributed by atoms with E-state index in [0.29, 0.717) is 11.5 Å². The SMILES string of the molecule is CC(C)C1=C(C(C)C)C2(CCC1)CN(C(C)C)C2. The van der Waals surface area contributed by atoms with Gasteiger partial charge in [0.1, 0.15) is 0 Å². The molecule has 1 heterocycles. The molecule has 0 atom stereocenters. The number of hydrogen-bond donors (Lipinski definition) is 0. The Balaban J connectivity index is 2.28. The molecule has 0 N–H and O–H groups in total. The summed E-state index contributed by atoms with van der Waals surface area (Å²) in [5, 5.41) is 0. The van der Waals surface area contributed by atoms with E-state index in [4.69, 9.17) is 0 Å². The van der Waals surface area contributed by atoms with Gasteiger partial charge in [-0.3, -0.25) is 4.90 Å². The Kier molecular flexibility index (Phi) is 3.92. The second-order valence-corrected chi connectivity index (χ2v) is 7.38. The maximum Gasteiger partial charge on any atom is 0.0172 e. The summed E-state index contributed by atoms with van der Waals surface area (Å²) in [6, 6.07) is 0.716. The summed E-state index contributed by atoms with van der Waals surface area (Å²) >= 11 is 0. The van der Waals surface area contributed by atoms with Crippen molar-refractivity contribution >= 4 is 0 Å². The highest BCUT2D eigenvalue weighted by Gasteiger charge is 2.49. The number of allylic oxidation sites excluding steroid dienone is 1. The largest absolute Gasteiger partial charge is 0.299 e. The minimum Gasteiger partial charge on any atom is -0.299 e. The highest BCUT2D eigenvalue weighted by molar-refractivity contribution is 5.32. The van der Waals surface area contributed by atoms with Crippen molar-refractivity contribution in [2.45, 2.75) is 66.8 Å². The standard InChI is InChI=1S/C17H31N/c1-12(2)15-8-7-9-17(16(15)13(3)4)10-18(11-17)14(5)6/h12-14H,7-11H2,1-6H3. The summed E-state index contributed by atoms with van der Waals surface area (Å²) < 4.78 is 0. The summed E-state index contributed by atoms with van der Waals surface area (Å²) in [4.78, 5) is 2.64. The van der Waals surface area contributed by atoms with Gasteiger partial charge < -0.3 is 0 Å². The molecule has 0 amide bonds. The zero-order valence-electron chi connectivity index (χ0n) is 13.2. The summed E-state index contributed by atoms with van der Waals surface area (Å²) in [5.41, 5.74) is 4.18. The first-order valence-corrected chi connectivity index (χ1v) is 7.85. The fourth-order valence-electron chi connectivity index (χ4n) is 4.23. The molecule has 0 aromatic carbocycles. The molecule has 1 heteroatoms. The molecule has 1 saturated heterocycles. The fourth-order valence-corrected chi connectivity index (χ4v) is 4.23. The predicted molar refractivity (Wildman–Crippen MR) is 79.7 cm³/mol. The zero-order valence-corrected chi connectivity index (χ0v) is 13.2. The first kappa shape index (κ1) is 14.1. The van der Waals surface area contributed by atoms with Gasteiger partial charge in [-0.05, 0) is 44.9 Å². The molecule has 18 heavy (non-hydrogen) atoms. The molecule has 0 aromatic rings. The van der Waals surface area contributed by atoms with Crippen LogP contribution in [0, 0.1) is 17.3 Å². The summed E-state index contributed by atoms with van der Waals surface area (Å²) in [5.74, 6) is 1.48. The number of likely N-dealkylation sites (tertiary alicyclic amines) is 1. The van der Waals surface area contributed by atoms with Gasteiger partial charge in [-0.2, -0.15) is 0 Å². The van der Waals surface area contributed by atoms with E-state index in [1.165, 1.54) is 32.4 Å². The van der Waals surface area contributed by atoms with Crippen molar-refractivity contribution in [1.82, 2.24) is 4.90 Å². The van der Waals surface area contributed by atoms with Crippen LogP contribution in [0.15, 0.2) is 11.1 Å². The maximum atomic E-state index is 2.64. The third kappa shape index (κ3) is 2.27. The van der Waals surface area contributed by atoms with Gasteiger partial charge >= 0.3 is 0 Å². The van der Waals surface area contributed by atoms with E-state index in [2.05, 4.69) is 46.4 Å². The summed E-state index contributed by atoms with van der Waals surface area (Å²) in [7, 11) is 0. The molecule has 0 aromatic heterocycles. The first-order valence-electron chi connectivity index (χ1n) is 7.85. The van der Waals surface area contributed by atoms with E-state index in [0.717, 1.165) is 11.8 Å². The third-order valence-electron chi connectivity index (χ3n) is 5.03. The molecule has 0 radical (unpaired) electrons. The monoisotopic (exact) mass is 249 g/mol. The number of nitrogens with zero attached hydrogens (tertiary/aromatic N) is 1. The highest BCUT2D eigenvalue weighted by atomic mass is 15.2. The lowest BCUT2D eigenvalue weighted by Gasteiger charge is -2.57. The van der Waals surface area contributed by atoms with Crippen LogP contribution in [0.25, 0.3) is 0 Å². The van der Waals surface area contributed by atoms with Gasteiger partial charge in [0.15, 0.2) is 0 Å². The Morgan fingerprint density at radius 2 is 1.56 bits per heavy atom. The van der Waals surface area contributed by atoms with Crippen molar-refractivity contribution < 1.29 is 0 Å². The molecule has 0 bridgehead atoms. The van der Waals surface area contributed by atoms with Crippen LogP contribution in [0.2, 0.25) is 0 Å². The van der Waals surface area contributed by atoms with Crippen LogP contribution < -0.4 is 0 Å². The number of rotatable bonds is 3. The highest BCUT2D eigenvalue weighted by Crippen LogP contribution is 2.51. The van der Waals surface area contributed by atoms with Crippen LogP contribution in [0.3, 0.4) is 0 Å². The Morgan fingerprint density at radius 1 is 0.944 bits per heavy atom. The molecule has 2 aliphatic rings. The maximum absolute atomic E-state index is 2.64. The van der Waals surface area contributed by atoms with Crippen molar-refractivity contribution in [3.63, 3.8) is 0 Å². The zero-order chi connectivity index (χ0) is 13.5. The van der Waals surface area contributed by atoms with Crippen LogP contribution in [0.4, 0.5) is 0 Å². The van der Waals surface area contributed by atoms with Gasteiger partial charge in [0.25, 0.3) is 0 Å². The second-order valence-electron chi connectivity index (χ2n) is 7.38. The molecule has 1 spiro atoms. The molecular formula is C17H31N. The minimum atomic E-state index is 0.552. The average molecular weight is 249 g/mol. The second kappa shape index (κ2) is 5.00. The molecular weight excluding hydrogens is 218 g/mol. The Labute approximate surface area is 114 Å². The van der Waals surface area contributed by atoms with Gasteiger partial charge in [-0.15, -0.1) is 0 Å². The Hall–Kier alpha value is -0.300. The average Bonchev–Trinajstić information content (AvgIpc) is 2.23. The van der Waals surface area contributed by atoms with Gasteiger partial charge in [-0.25, -0.2) is 0 Å². The van der Waals surface area contributed by atoms with Gasteiger partial charge in [-0.1, -0.05) is 38.8 Å². The normalized spacial score (nSPS) is 24.5. The van der Waals surface area contributed by atoms with Crippen molar-refractivity contribution in [2.75, 3.05) is 13.1 Å². The number of hydrogen-bond acceptors (Lipinski definition) is 1. The summed E-state index contributed by atoms with van der Waals surface area (Å²) in [6.45, 7) is 16.9. The van der Waals surface area contributed by atoms with Gasteiger partial charge in [0, 0.05) is 24.5 Å². The van der Waals surface area contributed by atoms with Crippen LogP contribution in [-0.4, -0.2) is 24.0 Å². The topological polar surface area (TPSA) is 3.24 Å². The van der Waals surface area contributed by atoms with E-state index in [1.54, 1.807) is 5.57 Å². The van der Waals surface area contributed by atoms with E-state index in [1.807, 2.05) is 5.57 Å². The Bertz CT molecular complexity index is 330. The lowest BCUT2D eigenvalue weighted by Crippen LogP contribution is -2.61. The van der Waals surface area contributed by atoms with Crippen molar-refractivity contribution in [3.05, 3.63) is 11.1 Å². The smallest absolute Gasteiger partial charge is 0.0172 e. The van der Waals surface area contributed by atoms with E-state index >= 15 is 0 Å². The fraction of sp³-hybridized carbons (Fsp3) is 0.882. The molecule has 1 nitrogen and oxygen atoms in total. The summed E-state index contributed by atoms with van der Waals surface area (Å²) in [6.07, 6.45) is 4.20. The van der Waals surface area contributed by atoms with Gasteiger partial charge in [0.05, 0.1) is 0 Å². The first-order chi connectivity index (χ1) is 8.37. The van der Waals surface area contributed by atoms with E-state index in [9.17, 15) is 0 Å². The van der Waals surface area contributed by atoms with Crippen LogP contribution in [-0.2, 0) is 0 Å². The quantitative estimate of drug-likeness (QED) is 0.666. The van der Waals surface area contributed by atoms with Crippen LogP contribution in [0.1, 0.15) is 60.8 Å². The molecule has 1 aliphatic heterocycles. The molecule has 104 valence electrons. The van der Waals surface area contributed by atoms with Crippen molar-refractivity contribution in [1.29, 1.82) is 0 Å². The van der Waals surface area contributed by atoms with Crippen LogP contribution in [0.5, 0.6) is 0 Å². The third-order valence-corrected chi connectivity index (χ3v) is 5.03. The van der Waals surface area contributed by atoms with E-state index < -0.39 is 0 Å². The lowest BCUT2D eigenvalue weighted by atomic mass is 9.60. The molecule has 0 saturated carbocycles. The van der Waals surface area contributed by atoms with Gasteiger partial charge in [0.2, 0.25) is 0 Å². The molecule has 0 unspecified atom stereocenters. The minimum absolute atomic E-state index is 0.552. The van der Waals surface area contributed by atoms with E-state index in [-0.39, 0.29) is 0 Å². The van der Waals surface area contributed by atoms with Crippen molar-refractivity contribution in [3.8, 4) is 0 Å². The van der Waals surface area contributed by atoms with Crippen molar-refractivity contribution in [2.24, 2.45) is 17.3 Å². The lowest BCUT2D eigenvalue weighted by molar-refractivity contribution is -0.0131. The predicted octanol–water partition coefficient (Wildman–Crippen LogP) is 4.49.